The number of amides is 3. The Bertz CT molecular complexity index is 1610. The van der Waals surface area contributed by atoms with Gasteiger partial charge in [-0.2, -0.15) is 0 Å². The Kier molecular flexibility index (Phi) is 10.7. The van der Waals surface area contributed by atoms with Gasteiger partial charge in [-0.25, -0.2) is 0 Å². The number of hydrogen-bond acceptors (Lipinski definition) is 5. The third kappa shape index (κ3) is 8.39. The number of benzene rings is 4. The van der Waals surface area contributed by atoms with Crippen LogP contribution in [0.1, 0.15) is 22.8 Å². The molecule has 0 radical (unpaired) electrons. The van der Waals surface area contributed by atoms with E-state index in [2.05, 4.69) is 16.0 Å². The number of halogens is 2. The molecular formula is C32H27Cl2N3O4S. The van der Waals surface area contributed by atoms with Gasteiger partial charge in [-0.1, -0.05) is 65.7 Å². The van der Waals surface area contributed by atoms with Crippen LogP contribution in [0.3, 0.4) is 0 Å². The van der Waals surface area contributed by atoms with Crippen LogP contribution in [-0.4, -0.2) is 30.1 Å². The van der Waals surface area contributed by atoms with Gasteiger partial charge in [-0.15, -0.1) is 11.8 Å². The highest BCUT2D eigenvalue weighted by Gasteiger charge is 2.18. The molecule has 10 heteroatoms. The van der Waals surface area contributed by atoms with Crippen LogP contribution in [0, 0.1) is 0 Å². The summed E-state index contributed by atoms with van der Waals surface area (Å²) in [5, 5.41) is 8.50. The zero-order valence-electron chi connectivity index (χ0n) is 22.7. The maximum absolute atomic E-state index is 13.4. The second kappa shape index (κ2) is 14.6. The molecule has 0 saturated heterocycles. The maximum Gasteiger partial charge on any atom is 0.272 e. The van der Waals surface area contributed by atoms with Crippen LogP contribution in [-0.2, 0) is 9.59 Å². The van der Waals surface area contributed by atoms with Gasteiger partial charge >= 0.3 is 0 Å². The summed E-state index contributed by atoms with van der Waals surface area (Å²) in [6.45, 7) is 1.76. The first-order chi connectivity index (χ1) is 20.2. The summed E-state index contributed by atoms with van der Waals surface area (Å²) in [5.41, 5.74) is 2.08. The number of hydrogen-bond donors (Lipinski definition) is 3. The first-order valence-corrected chi connectivity index (χ1v) is 14.4. The molecule has 214 valence electrons. The molecular weight excluding hydrogens is 593 g/mol. The second-order valence-electron chi connectivity index (χ2n) is 8.98. The van der Waals surface area contributed by atoms with Crippen molar-refractivity contribution < 1.29 is 19.1 Å². The van der Waals surface area contributed by atoms with Crippen LogP contribution in [0.5, 0.6) is 5.75 Å². The van der Waals surface area contributed by atoms with Crippen LogP contribution >= 0.6 is 35.0 Å². The number of carbonyl (C=O) groups is 3. The molecule has 0 bridgehead atoms. The van der Waals surface area contributed by atoms with Crippen LogP contribution < -0.4 is 20.7 Å². The minimum Gasteiger partial charge on any atom is -0.497 e. The smallest absolute Gasteiger partial charge is 0.272 e. The fourth-order valence-electron chi connectivity index (χ4n) is 3.75. The molecule has 4 rings (SSSR count). The van der Waals surface area contributed by atoms with Gasteiger partial charge in [0.1, 0.15) is 11.4 Å². The molecule has 0 aliphatic rings. The lowest BCUT2D eigenvalue weighted by Crippen LogP contribution is -2.30. The lowest BCUT2D eigenvalue weighted by molar-refractivity contribution is -0.115. The number of thioether (sulfide) groups is 1. The minimum atomic E-state index is -0.515. The van der Waals surface area contributed by atoms with Crippen molar-refractivity contribution in [2.45, 2.75) is 17.1 Å². The van der Waals surface area contributed by atoms with Crippen molar-refractivity contribution in [2.24, 2.45) is 0 Å². The Morgan fingerprint density at radius 3 is 2.29 bits per heavy atom. The first kappa shape index (κ1) is 30.7. The van der Waals surface area contributed by atoms with Gasteiger partial charge in [0.05, 0.1) is 28.1 Å². The lowest BCUT2D eigenvalue weighted by atomic mass is 10.1. The van der Waals surface area contributed by atoms with E-state index in [0.717, 1.165) is 4.90 Å². The number of rotatable bonds is 10. The highest BCUT2D eigenvalue weighted by atomic mass is 35.5. The zero-order valence-corrected chi connectivity index (χ0v) is 25.0. The predicted octanol–water partition coefficient (Wildman–Crippen LogP) is 7.53. The Balaban J connectivity index is 1.49. The van der Waals surface area contributed by atoms with Gasteiger partial charge in [-0.3, -0.25) is 14.4 Å². The molecule has 3 N–H and O–H groups in total. The monoisotopic (exact) mass is 619 g/mol. The summed E-state index contributed by atoms with van der Waals surface area (Å²) in [7, 11) is 1.57. The molecule has 7 nitrogen and oxygen atoms in total. The quantitative estimate of drug-likeness (QED) is 0.126. The molecule has 4 aromatic rings. The fourth-order valence-corrected chi connectivity index (χ4v) is 5.02. The molecule has 0 aliphatic carbocycles. The SMILES string of the molecule is COc1ccc(/C=C(/NC(=O)c2ccccc2)C(=O)Nc2cccc(SC(C)C(=O)Nc3cccc(Cl)c3Cl)c2)cc1. The van der Waals surface area contributed by atoms with E-state index in [1.165, 1.54) is 11.8 Å². The maximum atomic E-state index is 13.4. The summed E-state index contributed by atoms with van der Waals surface area (Å²) in [4.78, 5) is 39.9. The summed E-state index contributed by atoms with van der Waals surface area (Å²) in [5.74, 6) is -0.528. The normalized spacial score (nSPS) is 11.8. The summed E-state index contributed by atoms with van der Waals surface area (Å²) in [6, 6.07) is 27.8. The van der Waals surface area contributed by atoms with E-state index in [-0.39, 0.29) is 16.6 Å². The third-order valence-corrected chi connectivity index (χ3v) is 7.85. The average molecular weight is 621 g/mol. The van der Waals surface area contributed by atoms with Crippen molar-refractivity contribution in [1.29, 1.82) is 0 Å². The van der Waals surface area contributed by atoms with Crippen molar-refractivity contribution in [3.05, 3.63) is 124 Å². The Morgan fingerprint density at radius 2 is 1.57 bits per heavy atom. The largest absolute Gasteiger partial charge is 0.497 e. The Morgan fingerprint density at radius 1 is 0.857 bits per heavy atom. The third-order valence-electron chi connectivity index (χ3n) is 5.94. The van der Waals surface area contributed by atoms with E-state index in [0.29, 0.717) is 33.3 Å². The molecule has 4 aromatic carbocycles. The van der Waals surface area contributed by atoms with Crippen molar-refractivity contribution >= 4 is 70.1 Å². The van der Waals surface area contributed by atoms with E-state index < -0.39 is 17.1 Å². The standard InChI is InChI=1S/C32H27Cl2N3O4S/c1-20(30(38)36-27-13-7-12-26(33)29(27)34)42-25-11-6-10-23(19-25)35-32(40)28(18-21-14-16-24(41-2)17-15-21)37-31(39)22-8-4-3-5-9-22/h3-20H,1-2H3,(H,35,40)(H,36,38)(H,37,39)/b28-18+. The summed E-state index contributed by atoms with van der Waals surface area (Å²) < 4.78 is 5.21. The van der Waals surface area contributed by atoms with E-state index in [4.69, 9.17) is 27.9 Å². The number of carbonyl (C=O) groups excluding carboxylic acids is 3. The molecule has 0 heterocycles. The number of nitrogens with one attached hydrogen (secondary N) is 3. The van der Waals surface area contributed by atoms with Gasteiger partial charge in [0.25, 0.3) is 11.8 Å². The predicted molar refractivity (Wildman–Crippen MR) is 170 cm³/mol. The highest BCUT2D eigenvalue weighted by Crippen LogP contribution is 2.31. The zero-order chi connectivity index (χ0) is 30.1. The van der Waals surface area contributed by atoms with Crippen molar-refractivity contribution in [2.75, 3.05) is 17.7 Å². The second-order valence-corrected chi connectivity index (χ2v) is 11.2. The number of ether oxygens (including phenoxy) is 1. The minimum absolute atomic E-state index is 0.0539. The fraction of sp³-hybridized carbons (Fsp3) is 0.0938. The molecule has 0 spiro atoms. The Labute approximate surface area is 258 Å². The lowest BCUT2D eigenvalue weighted by Gasteiger charge is -2.15. The first-order valence-electron chi connectivity index (χ1n) is 12.8. The summed E-state index contributed by atoms with van der Waals surface area (Å²) >= 11 is 13.6. The molecule has 3 amide bonds. The molecule has 0 aromatic heterocycles. The van der Waals surface area contributed by atoms with Crippen molar-refractivity contribution in [3.8, 4) is 5.75 Å². The molecule has 1 atom stereocenters. The van der Waals surface area contributed by atoms with E-state index in [1.807, 2.05) is 6.07 Å². The number of methoxy groups -OCH3 is 1. The summed E-state index contributed by atoms with van der Waals surface area (Å²) in [6.07, 6.45) is 1.58. The van der Waals surface area contributed by atoms with E-state index in [9.17, 15) is 14.4 Å². The molecule has 0 saturated carbocycles. The van der Waals surface area contributed by atoms with E-state index in [1.54, 1.807) is 111 Å². The highest BCUT2D eigenvalue weighted by molar-refractivity contribution is 8.00. The van der Waals surface area contributed by atoms with Crippen LogP contribution in [0.15, 0.2) is 108 Å². The van der Waals surface area contributed by atoms with Crippen molar-refractivity contribution in [1.82, 2.24) is 5.32 Å². The van der Waals surface area contributed by atoms with Gasteiger partial charge in [-0.05, 0) is 73.2 Å². The van der Waals surface area contributed by atoms with Gasteiger partial charge in [0.2, 0.25) is 5.91 Å². The molecule has 0 aliphatic heterocycles. The van der Waals surface area contributed by atoms with Gasteiger partial charge in [0, 0.05) is 16.1 Å². The molecule has 42 heavy (non-hydrogen) atoms. The average Bonchev–Trinajstić information content (AvgIpc) is 3.00. The topological polar surface area (TPSA) is 96.5 Å². The van der Waals surface area contributed by atoms with Gasteiger partial charge in [0.15, 0.2) is 0 Å². The van der Waals surface area contributed by atoms with Gasteiger partial charge < -0.3 is 20.7 Å². The molecule has 1 unspecified atom stereocenters. The molecule has 0 fully saturated rings. The van der Waals surface area contributed by atoms with Crippen LogP contribution in [0.25, 0.3) is 6.08 Å². The van der Waals surface area contributed by atoms with Crippen LogP contribution in [0.2, 0.25) is 10.0 Å². The number of anilines is 2. The van der Waals surface area contributed by atoms with Crippen molar-refractivity contribution in [3.63, 3.8) is 0 Å². The Hall–Kier alpha value is -4.24. The van der Waals surface area contributed by atoms with Crippen LogP contribution in [0.4, 0.5) is 11.4 Å². The van der Waals surface area contributed by atoms with E-state index >= 15 is 0 Å².